The molecule has 2 heterocycles. The maximum Gasteiger partial charge on any atom is 0.276 e. The van der Waals surface area contributed by atoms with Gasteiger partial charge in [0.25, 0.3) is 5.91 Å². The van der Waals surface area contributed by atoms with E-state index in [0.717, 1.165) is 11.3 Å². The number of benzene rings is 1. The van der Waals surface area contributed by atoms with Gasteiger partial charge < -0.3 is 10.6 Å². The van der Waals surface area contributed by atoms with E-state index < -0.39 is 5.91 Å². The van der Waals surface area contributed by atoms with Crippen LogP contribution < -0.4 is 10.6 Å². The second kappa shape index (κ2) is 8.74. The van der Waals surface area contributed by atoms with Crippen molar-refractivity contribution >= 4 is 40.9 Å². The van der Waals surface area contributed by atoms with Crippen LogP contribution in [0.2, 0.25) is 5.02 Å². The molecule has 0 fully saturated rings. The zero-order chi connectivity index (χ0) is 21.0. The standard InChI is InChI=1S/C20H21ClN6O2/c1-4-27-19(20(29)25-16-11-22-26(3)13(16)2)17(12-23-27)24-18(28)10-9-14-7-5-6-8-15(14)21/h5-12H,4H2,1-3H3,(H,24,28)(H,25,29)/b10-9+. The number of nitrogens with zero attached hydrogens (tertiary/aromatic N) is 4. The minimum absolute atomic E-state index is 0.259. The number of carbonyl (C=O) groups excluding carboxylic acids is 2. The fourth-order valence-electron chi connectivity index (χ4n) is 2.71. The lowest BCUT2D eigenvalue weighted by atomic mass is 10.2. The summed E-state index contributed by atoms with van der Waals surface area (Å²) in [6.45, 7) is 4.18. The summed E-state index contributed by atoms with van der Waals surface area (Å²) in [4.78, 5) is 25.2. The lowest BCUT2D eigenvalue weighted by Crippen LogP contribution is -2.20. The van der Waals surface area contributed by atoms with Crippen LogP contribution in [0, 0.1) is 6.92 Å². The van der Waals surface area contributed by atoms with Crippen LogP contribution in [0.4, 0.5) is 11.4 Å². The van der Waals surface area contributed by atoms with Gasteiger partial charge in [0.05, 0.1) is 29.5 Å². The average molecular weight is 413 g/mol. The van der Waals surface area contributed by atoms with Crippen LogP contribution in [0.25, 0.3) is 6.08 Å². The Morgan fingerprint density at radius 3 is 2.52 bits per heavy atom. The highest BCUT2D eigenvalue weighted by atomic mass is 35.5. The molecule has 0 saturated carbocycles. The lowest BCUT2D eigenvalue weighted by Gasteiger charge is -2.09. The molecule has 0 bridgehead atoms. The van der Waals surface area contributed by atoms with Gasteiger partial charge in [0.1, 0.15) is 5.69 Å². The highest BCUT2D eigenvalue weighted by Gasteiger charge is 2.20. The molecular formula is C20H21ClN6O2. The lowest BCUT2D eigenvalue weighted by molar-refractivity contribution is -0.111. The summed E-state index contributed by atoms with van der Waals surface area (Å²) in [5.74, 6) is -0.780. The molecule has 2 aromatic heterocycles. The Labute approximate surface area is 173 Å². The van der Waals surface area contributed by atoms with Gasteiger partial charge in [0.15, 0.2) is 0 Å². The number of anilines is 2. The smallest absolute Gasteiger partial charge is 0.276 e. The number of aromatic nitrogens is 4. The number of amides is 2. The third-order valence-electron chi connectivity index (χ3n) is 4.41. The molecule has 0 aliphatic heterocycles. The van der Waals surface area contributed by atoms with Crippen molar-refractivity contribution in [3.8, 4) is 0 Å². The number of carbonyl (C=O) groups is 2. The summed E-state index contributed by atoms with van der Waals surface area (Å²) in [5, 5.41) is 14.4. The van der Waals surface area contributed by atoms with Gasteiger partial charge >= 0.3 is 0 Å². The van der Waals surface area contributed by atoms with E-state index in [1.807, 2.05) is 26.0 Å². The fourth-order valence-corrected chi connectivity index (χ4v) is 2.91. The Kier molecular flexibility index (Phi) is 6.13. The van der Waals surface area contributed by atoms with Gasteiger partial charge in [0.2, 0.25) is 5.91 Å². The molecule has 1 aromatic carbocycles. The number of aryl methyl sites for hydroxylation is 2. The van der Waals surface area contributed by atoms with Crippen molar-refractivity contribution in [1.29, 1.82) is 0 Å². The van der Waals surface area contributed by atoms with E-state index in [0.29, 0.717) is 22.9 Å². The summed E-state index contributed by atoms with van der Waals surface area (Å²) >= 11 is 6.09. The van der Waals surface area contributed by atoms with Crippen LogP contribution in [0.1, 0.15) is 28.7 Å². The second-order valence-corrected chi connectivity index (χ2v) is 6.70. The Balaban J connectivity index is 1.79. The molecule has 0 spiro atoms. The number of hydrogen-bond donors (Lipinski definition) is 2. The summed E-state index contributed by atoms with van der Waals surface area (Å²) in [5.41, 5.74) is 2.71. The molecule has 0 aliphatic rings. The van der Waals surface area contributed by atoms with Crippen molar-refractivity contribution in [3.63, 3.8) is 0 Å². The first kappa shape index (κ1) is 20.3. The first-order valence-electron chi connectivity index (χ1n) is 9.00. The van der Waals surface area contributed by atoms with Gasteiger partial charge in [0, 0.05) is 24.7 Å². The normalized spacial score (nSPS) is 11.0. The molecule has 0 atom stereocenters. The van der Waals surface area contributed by atoms with E-state index in [9.17, 15) is 9.59 Å². The Morgan fingerprint density at radius 2 is 1.86 bits per heavy atom. The van der Waals surface area contributed by atoms with Gasteiger partial charge in [-0.25, -0.2) is 0 Å². The van der Waals surface area contributed by atoms with Gasteiger partial charge in [-0.15, -0.1) is 0 Å². The monoisotopic (exact) mass is 412 g/mol. The van der Waals surface area contributed by atoms with E-state index in [-0.39, 0.29) is 11.6 Å². The van der Waals surface area contributed by atoms with Crippen LogP contribution in [0.15, 0.2) is 42.7 Å². The van der Waals surface area contributed by atoms with Crippen LogP contribution in [0.3, 0.4) is 0 Å². The topological polar surface area (TPSA) is 93.8 Å². The minimum Gasteiger partial charge on any atom is -0.319 e. The first-order chi connectivity index (χ1) is 13.9. The summed E-state index contributed by atoms with van der Waals surface area (Å²) in [7, 11) is 1.79. The zero-order valence-electron chi connectivity index (χ0n) is 16.3. The van der Waals surface area contributed by atoms with Gasteiger partial charge in [-0.2, -0.15) is 10.2 Å². The SMILES string of the molecule is CCn1ncc(NC(=O)/C=C/c2ccccc2Cl)c1C(=O)Nc1cnn(C)c1C. The van der Waals surface area contributed by atoms with Crippen molar-refractivity contribution in [1.82, 2.24) is 19.6 Å². The van der Waals surface area contributed by atoms with Crippen molar-refractivity contribution in [2.24, 2.45) is 7.05 Å². The average Bonchev–Trinajstić information content (AvgIpc) is 3.25. The quantitative estimate of drug-likeness (QED) is 0.606. The van der Waals surface area contributed by atoms with Crippen LogP contribution in [-0.2, 0) is 18.4 Å². The molecule has 9 heteroatoms. The number of hydrogen-bond acceptors (Lipinski definition) is 4. The molecular weight excluding hydrogens is 392 g/mol. The van der Waals surface area contributed by atoms with Crippen molar-refractivity contribution in [2.45, 2.75) is 20.4 Å². The zero-order valence-corrected chi connectivity index (χ0v) is 17.1. The molecule has 0 saturated heterocycles. The molecule has 0 aliphatic carbocycles. The van der Waals surface area contributed by atoms with E-state index >= 15 is 0 Å². The van der Waals surface area contributed by atoms with Crippen molar-refractivity contribution in [2.75, 3.05) is 10.6 Å². The van der Waals surface area contributed by atoms with E-state index in [2.05, 4.69) is 20.8 Å². The predicted molar refractivity (Wildman–Crippen MR) is 113 cm³/mol. The van der Waals surface area contributed by atoms with Gasteiger partial charge in [-0.05, 0) is 31.6 Å². The Bertz CT molecular complexity index is 1080. The summed E-state index contributed by atoms with van der Waals surface area (Å²) in [6, 6.07) is 7.19. The van der Waals surface area contributed by atoms with Crippen molar-refractivity contribution in [3.05, 3.63) is 64.7 Å². The number of nitrogens with one attached hydrogen (secondary N) is 2. The molecule has 0 radical (unpaired) electrons. The van der Waals surface area contributed by atoms with Gasteiger partial charge in [-0.1, -0.05) is 29.8 Å². The molecule has 3 rings (SSSR count). The maximum absolute atomic E-state index is 12.8. The number of rotatable bonds is 6. The summed E-state index contributed by atoms with van der Waals surface area (Å²) in [6.07, 6.45) is 6.00. The first-order valence-corrected chi connectivity index (χ1v) is 9.37. The molecule has 0 unspecified atom stereocenters. The molecule has 29 heavy (non-hydrogen) atoms. The molecule has 2 amide bonds. The van der Waals surface area contributed by atoms with Crippen molar-refractivity contribution < 1.29 is 9.59 Å². The third-order valence-corrected chi connectivity index (χ3v) is 4.76. The third kappa shape index (κ3) is 4.55. The van der Waals surface area contributed by atoms with Crippen LogP contribution in [0.5, 0.6) is 0 Å². The Morgan fingerprint density at radius 1 is 1.14 bits per heavy atom. The van der Waals surface area contributed by atoms with E-state index in [1.165, 1.54) is 17.0 Å². The molecule has 8 nitrogen and oxygen atoms in total. The van der Waals surface area contributed by atoms with Crippen LogP contribution >= 0.6 is 11.6 Å². The second-order valence-electron chi connectivity index (χ2n) is 6.29. The molecule has 2 N–H and O–H groups in total. The molecule has 150 valence electrons. The largest absolute Gasteiger partial charge is 0.319 e. The highest BCUT2D eigenvalue weighted by molar-refractivity contribution is 6.32. The van der Waals surface area contributed by atoms with E-state index in [1.54, 1.807) is 36.1 Å². The fraction of sp³-hybridized carbons (Fsp3) is 0.200. The predicted octanol–water partition coefficient (Wildman–Crippen LogP) is 3.50. The van der Waals surface area contributed by atoms with Gasteiger partial charge in [-0.3, -0.25) is 19.0 Å². The molecule has 3 aromatic rings. The minimum atomic E-state index is -0.396. The Hall–Kier alpha value is -3.39. The van der Waals surface area contributed by atoms with E-state index in [4.69, 9.17) is 11.6 Å². The maximum atomic E-state index is 12.8. The van der Waals surface area contributed by atoms with Crippen LogP contribution in [-0.4, -0.2) is 31.4 Å². The highest BCUT2D eigenvalue weighted by Crippen LogP contribution is 2.20. The summed E-state index contributed by atoms with van der Waals surface area (Å²) < 4.78 is 3.18. The number of halogens is 1.